The molecule has 0 aliphatic carbocycles. The fraction of sp³-hybridized carbons (Fsp3) is 0.524. The van der Waals surface area contributed by atoms with Gasteiger partial charge in [0.25, 0.3) is 0 Å². The van der Waals surface area contributed by atoms with Crippen LogP contribution in [0.3, 0.4) is 0 Å². The lowest BCUT2D eigenvalue weighted by atomic mass is 10.1. The molecule has 0 radical (unpaired) electrons. The Morgan fingerprint density at radius 2 is 2.03 bits per heavy atom. The number of piperazine rings is 1. The van der Waals surface area contributed by atoms with Crippen molar-refractivity contribution in [2.24, 2.45) is 0 Å². The van der Waals surface area contributed by atoms with Crippen molar-refractivity contribution in [2.45, 2.75) is 46.1 Å². The Morgan fingerprint density at radius 3 is 2.77 bits per heavy atom. The second-order valence-electron chi connectivity index (χ2n) is 8.04. The normalized spacial score (nSPS) is 15.5. The third-order valence-corrected chi connectivity index (χ3v) is 5.46. The predicted octanol–water partition coefficient (Wildman–Crippen LogP) is 2.01. The van der Waals surface area contributed by atoms with E-state index in [9.17, 15) is 0 Å². The molecule has 1 aliphatic heterocycles. The lowest BCUT2D eigenvalue weighted by Gasteiger charge is -2.29. The Labute approximate surface area is 177 Å². The van der Waals surface area contributed by atoms with E-state index in [1.807, 2.05) is 12.4 Å². The lowest BCUT2D eigenvalue weighted by Crippen LogP contribution is -2.44. The predicted molar refractivity (Wildman–Crippen MR) is 120 cm³/mol. The summed E-state index contributed by atoms with van der Waals surface area (Å²) in [4.78, 5) is 15.9. The van der Waals surface area contributed by atoms with Gasteiger partial charge in [0.2, 0.25) is 5.95 Å². The molecule has 0 bridgehead atoms. The van der Waals surface area contributed by atoms with Crippen LogP contribution in [0, 0.1) is 6.92 Å². The van der Waals surface area contributed by atoms with E-state index in [0.717, 1.165) is 56.1 Å². The van der Waals surface area contributed by atoms with Crippen molar-refractivity contribution in [2.75, 3.05) is 42.1 Å². The molecule has 1 fully saturated rings. The number of rotatable bonds is 7. The van der Waals surface area contributed by atoms with Crippen LogP contribution in [0.4, 0.5) is 17.6 Å². The molecule has 0 aromatic carbocycles. The zero-order valence-electron chi connectivity index (χ0n) is 18.0. The number of nitrogen functional groups attached to an aromatic ring is 1. The highest BCUT2D eigenvalue weighted by atomic mass is 15.3. The minimum atomic E-state index is 0.281. The minimum Gasteiger partial charge on any atom is -0.380 e. The standard InChI is InChI=1S/C21H31N9/c1-4-5-15(3)26-21-27-18(22)20-25-13-17(30(20)28-21)11-16-10-14(2)19(24-12-16)29-8-6-23-7-9-29/h10,12-13,15,23H,4-9,11H2,1-3H3,(H3,22,26,27,28)/t15-/m0/s1. The summed E-state index contributed by atoms with van der Waals surface area (Å²) in [6, 6.07) is 2.49. The fourth-order valence-electron chi connectivity index (χ4n) is 3.99. The monoisotopic (exact) mass is 409 g/mol. The second-order valence-corrected chi connectivity index (χ2v) is 8.04. The van der Waals surface area contributed by atoms with Gasteiger partial charge < -0.3 is 21.3 Å². The molecule has 30 heavy (non-hydrogen) atoms. The molecular weight excluding hydrogens is 378 g/mol. The van der Waals surface area contributed by atoms with E-state index in [4.69, 9.17) is 10.7 Å². The Kier molecular flexibility index (Phi) is 5.98. The summed E-state index contributed by atoms with van der Waals surface area (Å²) in [6.07, 6.45) is 6.59. The van der Waals surface area contributed by atoms with E-state index >= 15 is 0 Å². The molecular formula is C21H31N9. The van der Waals surface area contributed by atoms with Crippen molar-refractivity contribution in [3.05, 3.63) is 35.3 Å². The van der Waals surface area contributed by atoms with Crippen LogP contribution in [0.2, 0.25) is 0 Å². The molecule has 4 heterocycles. The number of imidazole rings is 1. The van der Waals surface area contributed by atoms with Gasteiger partial charge in [-0.2, -0.15) is 4.98 Å². The molecule has 0 spiro atoms. The molecule has 4 N–H and O–H groups in total. The summed E-state index contributed by atoms with van der Waals surface area (Å²) in [5.41, 5.74) is 10.00. The third kappa shape index (κ3) is 4.30. The fourth-order valence-corrected chi connectivity index (χ4v) is 3.99. The Balaban J connectivity index is 1.57. The lowest BCUT2D eigenvalue weighted by molar-refractivity contribution is 0.584. The number of anilines is 3. The number of nitrogens with two attached hydrogens (primary N) is 1. The molecule has 0 saturated carbocycles. The molecule has 3 aromatic rings. The smallest absolute Gasteiger partial charge is 0.243 e. The quantitative estimate of drug-likeness (QED) is 0.544. The van der Waals surface area contributed by atoms with Crippen molar-refractivity contribution in [1.29, 1.82) is 0 Å². The second kappa shape index (κ2) is 8.83. The number of hydrogen-bond acceptors (Lipinski definition) is 8. The topological polar surface area (TPSA) is 109 Å². The zero-order valence-corrected chi connectivity index (χ0v) is 18.0. The summed E-state index contributed by atoms with van der Waals surface area (Å²) in [5.74, 6) is 1.98. The van der Waals surface area contributed by atoms with Gasteiger partial charge in [-0.05, 0) is 31.4 Å². The van der Waals surface area contributed by atoms with Gasteiger partial charge in [-0.1, -0.05) is 19.4 Å². The van der Waals surface area contributed by atoms with Gasteiger partial charge in [0.1, 0.15) is 5.82 Å². The number of aryl methyl sites for hydroxylation is 1. The number of hydrogen-bond donors (Lipinski definition) is 3. The van der Waals surface area contributed by atoms with Crippen LogP contribution in [0.5, 0.6) is 0 Å². The average Bonchev–Trinajstić information content (AvgIpc) is 3.12. The van der Waals surface area contributed by atoms with Crippen molar-refractivity contribution in [1.82, 2.24) is 29.9 Å². The Hall–Kier alpha value is -2.94. The SMILES string of the molecule is CCC[C@H](C)Nc1nc(N)c2ncc(Cc3cnc(N4CCNCC4)c(C)c3)n2n1. The van der Waals surface area contributed by atoms with Gasteiger partial charge in [0.05, 0.1) is 11.9 Å². The zero-order chi connectivity index (χ0) is 21.1. The van der Waals surface area contributed by atoms with Crippen LogP contribution in [0.15, 0.2) is 18.5 Å². The average molecular weight is 410 g/mol. The summed E-state index contributed by atoms with van der Waals surface area (Å²) in [6.45, 7) is 10.4. The Morgan fingerprint density at radius 1 is 1.23 bits per heavy atom. The van der Waals surface area contributed by atoms with Gasteiger partial charge in [-0.15, -0.1) is 5.10 Å². The third-order valence-electron chi connectivity index (χ3n) is 5.46. The van der Waals surface area contributed by atoms with E-state index in [1.54, 1.807) is 4.52 Å². The van der Waals surface area contributed by atoms with Crippen LogP contribution in [0.1, 0.15) is 43.5 Å². The molecule has 9 nitrogen and oxygen atoms in total. The maximum atomic E-state index is 6.14. The highest BCUT2D eigenvalue weighted by Gasteiger charge is 2.16. The first-order valence-electron chi connectivity index (χ1n) is 10.7. The number of nitrogens with one attached hydrogen (secondary N) is 2. The molecule has 160 valence electrons. The van der Waals surface area contributed by atoms with Crippen molar-refractivity contribution in [3.63, 3.8) is 0 Å². The van der Waals surface area contributed by atoms with E-state index in [1.165, 1.54) is 5.56 Å². The largest absolute Gasteiger partial charge is 0.380 e. The van der Waals surface area contributed by atoms with Gasteiger partial charge in [-0.3, -0.25) is 0 Å². The van der Waals surface area contributed by atoms with Crippen molar-refractivity contribution in [3.8, 4) is 0 Å². The van der Waals surface area contributed by atoms with Crippen LogP contribution in [0.25, 0.3) is 5.65 Å². The van der Waals surface area contributed by atoms with Gasteiger partial charge >= 0.3 is 0 Å². The molecule has 4 rings (SSSR count). The first kappa shape index (κ1) is 20.3. The number of pyridine rings is 1. The van der Waals surface area contributed by atoms with E-state index < -0.39 is 0 Å². The number of fused-ring (bicyclic) bond motifs is 1. The van der Waals surface area contributed by atoms with Gasteiger partial charge in [-0.25, -0.2) is 14.5 Å². The summed E-state index contributed by atoms with van der Waals surface area (Å²) < 4.78 is 1.79. The van der Waals surface area contributed by atoms with Crippen molar-refractivity contribution >= 4 is 23.2 Å². The van der Waals surface area contributed by atoms with Crippen LogP contribution in [-0.2, 0) is 6.42 Å². The molecule has 0 unspecified atom stereocenters. The van der Waals surface area contributed by atoms with Crippen molar-refractivity contribution < 1.29 is 0 Å². The maximum Gasteiger partial charge on any atom is 0.243 e. The van der Waals surface area contributed by atoms with E-state index in [-0.39, 0.29) is 6.04 Å². The molecule has 3 aromatic heterocycles. The highest BCUT2D eigenvalue weighted by molar-refractivity contribution is 5.61. The van der Waals surface area contributed by atoms with Crippen LogP contribution in [-0.4, -0.2) is 56.8 Å². The Bertz CT molecular complexity index is 1010. The molecule has 9 heteroatoms. The number of nitrogens with zero attached hydrogens (tertiary/aromatic N) is 6. The van der Waals surface area contributed by atoms with Crippen LogP contribution >= 0.6 is 0 Å². The van der Waals surface area contributed by atoms with Gasteiger partial charge in [0.15, 0.2) is 11.5 Å². The van der Waals surface area contributed by atoms with Gasteiger partial charge in [0, 0.05) is 44.8 Å². The molecule has 0 amide bonds. The summed E-state index contributed by atoms with van der Waals surface area (Å²) >= 11 is 0. The van der Waals surface area contributed by atoms with Crippen LogP contribution < -0.4 is 21.3 Å². The number of aromatic nitrogens is 5. The highest BCUT2D eigenvalue weighted by Crippen LogP contribution is 2.21. The first-order valence-corrected chi connectivity index (χ1v) is 10.7. The minimum absolute atomic E-state index is 0.281. The van der Waals surface area contributed by atoms with E-state index in [2.05, 4.69) is 57.4 Å². The summed E-state index contributed by atoms with van der Waals surface area (Å²) in [5, 5.41) is 11.4. The summed E-state index contributed by atoms with van der Waals surface area (Å²) in [7, 11) is 0. The molecule has 1 aliphatic rings. The molecule has 1 saturated heterocycles. The molecule has 1 atom stereocenters. The maximum absolute atomic E-state index is 6.14. The first-order chi connectivity index (χ1) is 14.5. The van der Waals surface area contributed by atoms with E-state index in [0.29, 0.717) is 23.8 Å².